The molecule has 0 radical (unpaired) electrons. The van der Waals surface area contributed by atoms with Crippen molar-refractivity contribution in [3.63, 3.8) is 0 Å². The number of hydrogen-bond donors (Lipinski definition) is 0. The summed E-state index contributed by atoms with van der Waals surface area (Å²) in [5, 5.41) is 30.3. The molecule has 13 heteroatoms. The van der Waals surface area contributed by atoms with Crippen molar-refractivity contribution in [3.05, 3.63) is 192 Å². The van der Waals surface area contributed by atoms with E-state index in [4.69, 9.17) is 15.3 Å². The Morgan fingerprint density at radius 1 is 0.552 bits per heavy atom. The standard InChI is InChI=1S/C30H28BN6.C9H8N2O2S.C6H6.Zn/c1-22-19-28(25-13-7-4-8-14-25)32-35(22)31(36-23(2)20-29(33-36)26-15-9-5-10-16-26)37-24(3)21-30(34-37)27-17-11-6-12-18-27;1-13-11-8(12)9-10-6-4-2-3-5-7(6)14-9;1-2-4-6-5-3-1;/h4-21,31H,1-3H3;2-5H,1H3,(H,11,12);1-6H;/q-1;;;+2/p-1. The summed E-state index contributed by atoms with van der Waals surface area (Å²) in [7, 11) is -0.216. The third-order valence-corrected chi connectivity index (χ3v) is 10.3. The summed E-state index contributed by atoms with van der Waals surface area (Å²) in [4.78, 5) is 8.52. The molecule has 58 heavy (non-hydrogen) atoms. The first-order valence-corrected chi connectivity index (χ1v) is 19.4. The number of nitrogens with zero attached hydrogens (tertiary/aromatic N) is 8. The van der Waals surface area contributed by atoms with Gasteiger partial charge in [0.2, 0.25) is 0 Å². The zero-order valence-corrected chi connectivity index (χ0v) is 36.7. The fourth-order valence-electron chi connectivity index (χ4n) is 6.49. The molecule has 0 bridgehead atoms. The summed E-state index contributed by atoms with van der Waals surface area (Å²) in [6, 6.07) is 56.9. The molecule has 9 rings (SSSR count). The fraction of sp³-hybridized carbons (Fsp3) is 0.0889. The minimum atomic E-state index is -1.55. The number of para-hydroxylation sites is 1. The molecule has 4 heterocycles. The molecular weight excluding hydrogens is 793 g/mol. The van der Waals surface area contributed by atoms with Crippen LogP contribution in [0.1, 0.15) is 22.1 Å². The van der Waals surface area contributed by atoms with Crippen LogP contribution in [0, 0.1) is 20.8 Å². The molecule has 10 nitrogen and oxygen atoms in total. The fourth-order valence-corrected chi connectivity index (χ4v) is 7.33. The van der Waals surface area contributed by atoms with Gasteiger partial charge in [0.1, 0.15) is 12.1 Å². The van der Waals surface area contributed by atoms with Gasteiger partial charge in [-0.1, -0.05) is 140 Å². The van der Waals surface area contributed by atoms with E-state index in [1.807, 2.05) is 115 Å². The second kappa shape index (κ2) is 19.6. The van der Waals surface area contributed by atoms with E-state index < -0.39 is 13.0 Å². The molecule has 9 aromatic rings. The molecule has 0 spiro atoms. The molecule has 0 unspecified atom stereocenters. The number of aromatic nitrogens is 7. The van der Waals surface area contributed by atoms with Crippen LogP contribution in [0.4, 0.5) is 0 Å². The van der Waals surface area contributed by atoms with Gasteiger partial charge in [-0.2, -0.15) is 0 Å². The molecule has 5 aromatic carbocycles. The van der Waals surface area contributed by atoms with Crippen molar-refractivity contribution in [3.8, 4) is 33.8 Å². The van der Waals surface area contributed by atoms with Crippen molar-refractivity contribution >= 4 is 34.6 Å². The third kappa shape index (κ3) is 9.74. The molecule has 0 fully saturated rings. The van der Waals surface area contributed by atoms with Gasteiger partial charge < -0.3 is 23.7 Å². The molecule has 284 valence electrons. The van der Waals surface area contributed by atoms with Crippen molar-refractivity contribution in [2.75, 3.05) is 7.11 Å². The maximum absolute atomic E-state index is 11.3. The van der Waals surface area contributed by atoms with E-state index in [-0.39, 0.29) is 19.5 Å². The Morgan fingerprint density at radius 2 is 0.897 bits per heavy atom. The van der Waals surface area contributed by atoms with E-state index in [2.05, 4.69) is 104 Å². The number of rotatable bonds is 8. The molecule has 0 aliphatic heterocycles. The van der Waals surface area contributed by atoms with Crippen LogP contribution in [-0.4, -0.2) is 54.2 Å². The molecule has 0 N–H and O–H groups in total. The normalized spacial score (nSPS) is 10.9. The summed E-state index contributed by atoms with van der Waals surface area (Å²) in [5.74, 6) is -0.436. The van der Waals surface area contributed by atoms with Gasteiger partial charge in [-0.05, 0) is 68.2 Å². The van der Waals surface area contributed by atoms with Gasteiger partial charge >= 0.3 is 26.6 Å². The van der Waals surface area contributed by atoms with Crippen molar-refractivity contribution < 1.29 is 29.4 Å². The molecule has 0 saturated heterocycles. The van der Waals surface area contributed by atoms with Gasteiger partial charge in [0.05, 0.1) is 33.2 Å². The molecule has 4 aromatic heterocycles. The second-order valence-electron chi connectivity index (χ2n) is 13.3. The van der Waals surface area contributed by atoms with E-state index in [0.717, 1.165) is 61.1 Å². The van der Waals surface area contributed by atoms with Crippen molar-refractivity contribution in [1.82, 2.24) is 34.1 Å². The van der Waals surface area contributed by atoms with E-state index in [0.29, 0.717) is 5.01 Å². The molecular formula is C45H41BN8O2SZn. The minimum Gasteiger partial charge on any atom is -0.854 e. The number of benzene rings is 5. The first-order chi connectivity index (χ1) is 27.9. The van der Waals surface area contributed by atoms with Crippen LogP contribution in [0.25, 0.3) is 44.0 Å². The average Bonchev–Trinajstić information content (AvgIpc) is 4.06. The number of fused-ring (bicyclic) bond motifs is 1. The van der Waals surface area contributed by atoms with Crippen molar-refractivity contribution in [1.29, 1.82) is 0 Å². The quantitative estimate of drug-likeness (QED) is 0.0658. The third-order valence-electron chi connectivity index (χ3n) is 9.27. The van der Waals surface area contributed by atoms with Crippen LogP contribution in [0.3, 0.4) is 0 Å². The van der Waals surface area contributed by atoms with Crippen molar-refractivity contribution in [2.45, 2.75) is 20.8 Å². The summed E-state index contributed by atoms with van der Waals surface area (Å²) in [5.41, 5.74) is 10.1. The molecule has 0 amide bonds. The number of oxime groups is 1. The Morgan fingerprint density at radius 3 is 1.26 bits per heavy atom. The number of hydrogen-bond acceptors (Lipinski definition) is 8. The van der Waals surface area contributed by atoms with Crippen LogP contribution in [0.2, 0.25) is 0 Å². The Balaban J connectivity index is 0.000000221. The Bertz CT molecular complexity index is 2420. The molecule has 0 atom stereocenters. The molecule has 0 saturated carbocycles. The maximum atomic E-state index is 11.3. The predicted octanol–water partition coefficient (Wildman–Crippen LogP) is 8.51. The van der Waals surface area contributed by atoms with Crippen LogP contribution in [0.15, 0.2) is 175 Å². The summed E-state index contributed by atoms with van der Waals surface area (Å²) >= 11 is 1.31. The molecule has 0 aliphatic rings. The SMILES string of the molecule is CO/N=C(\[O-])c1nc2ccccc2s1.Cc1cc(-c2ccccc2)nn1[BH-](n1nc(-c2ccccc2)cc1C)n1nc(-c2ccccc2)cc1C.[Zn+2].c1ccccc1. The zero-order valence-electron chi connectivity index (χ0n) is 32.9. The Labute approximate surface area is 355 Å². The van der Waals surface area contributed by atoms with E-state index in [9.17, 15) is 5.11 Å². The van der Waals surface area contributed by atoms with Gasteiger partial charge in [0.25, 0.3) is 0 Å². The monoisotopic (exact) mass is 832 g/mol. The largest absolute Gasteiger partial charge is 2.00 e. The first-order valence-electron chi connectivity index (χ1n) is 18.6. The summed E-state index contributed by atoms with van der Waals surface area (Å²) < 4.78 is 7.28. The summed E-state index contributed by atoms with van der Waals surface area (Å²) in [6.07, 6.45) is 0. The molecule has 0 aliphatic carbocycles. The number of aryl methyl sites for hydroxylation is 3. The smallest absolute Gasteiger partial charge is 0.854 e. The average molecular weight is 834 g/mol. The van der Waals surface area contributed by atoms with Crippen LogP contribution in [0.5, 0.6) is 0 Å². The topological polar surface area (TPSA) is 111 Å². The van der Waals surface area contributed by atoms with E-state index in [1.54, 1.807) is 0 Å². The summed E-state index contributed by atoms with van der Waals surface area (Å²) in [6.45, 7) is 6.31. The predicted molar refractivity (Wildman–Crippen MR) is 230 cm³/mol. The van der Waals surface area contributed by atoms with Gasteiger partial charge in [-0.25, -0.2) is 20.3 Å². The van der Waals surface area contributed by atoms with E-state index in [1.165, 1.54) is 18.4 Å². The van der Waals surface area contributed by atoms with Gasteiger partial charge in [-0.15, -0.1) is 16.5 Å². The Hall–Kier alpha value is -6.42. The van der Waals surface area contributed by atoms with Crippen LogP contribution in [-0.2, 0) is 24.3 Å². The van der Waals surface area contributed by atoms with Gasteiger partial charge in [0.15, 0.2) is 0 Å². The zero-order chi connectivity index (χ0) is 39.6. The van der Waals surface area contributed by atoms with Gasteiger partial charge in [0, 0.05) is 16.7 Å². The Kier molecular flexibility index (Phi) is 14.0. The second-order valence-corrected chi connectivity index (χ2v) is 14.3. The van der Waals surface area contributed by atoms with Gasteiger partial charge in [-0.3, -0.25) is 0 Å². The van der Waals surface area contributed by atoms with Crippen LogP contribution >= 0.6 is 11.3 Å². The minimum absolute atomic E-state index is 0. The maximum Gasteiger partial charge on any atom is 2.00 e. The number of thiazole rings is 1. The van der Waals surface area contributed by atoms with Crippen molar-refractivity contribution in [2.24, 2.45) is 5.16 Å². The van der Waals surface area contributed by atoms with Crippen LogP contribution < -0.4 is 5.11 Å². The van der Waals surface area contributed by atoms with E-state index >= 15 is 0 Å². The first kappa shape index (κ1) is 41.2.